The molecule has 4 nitrogen and oxygen atoms in total. The van der Waals surface area contributed by atoms with Crippen LogP contribution in [0.5, 0.6) is 0 Å². The van der Waals surface area contributed by atoms with Crippen LogP contribution in [0.4, 0.5) is 0 Å². The average Bonchev–Trinajstić information content (AvgIpc) is 2.39. The largest absolute Gasteiger partial charge is 0.389 e. The Bertz CT molecular complexity index is 613. The highest BCUT2D eigenvalue weighted by Crippen LogP contribution is 2.25. The Morgan fingerprint density at radius 3 is 2.65 bits per heavy atom. The van der Waals surface area contributed by atoms with Gasteiger partial charge in [-0.25, -0.2) is 13.1 Å². The van der Waals surface area contributed by atoms with E-state index in [9.17, 15) is 8.42 Å². The first-order valence-electron chi connectivity index (χ1n) is 6.09. The van der Waals surface area contributed by atoms with E-state index in [4.69, 9.17) is 29.6 Å². The molecule has 1 aliphatic heterocycles. The average molecular weight is 351 g/mol. The molecule has 1 aromatic carbocycles. The summed E-state index contributed by atoms with van der Waals surface area (Å²) >= 11 is 12.7. The zero-order chi connectivity index (χ0) is 14.8. The lowest BCUT2D eigenvalue weighted by atomic mass is 10.2. The third-order valence-electron chi connectivity index (χ3n) is 3.05. The Labute approximate surface area is 133 Å². The fourth-order valence-corrected chi connectivity index (χ4v) is 5.02. The van der Waals surface area contributed by atoms with E-state index in [1.54, 1.807) is 6.07 Å². The van der Waals surface area contributed by atoms with E-state index in [2.05, 4.69) is 4.72 Å². The molecule has 110 valence electrons. The second-order valence-electron chi connectivity index (χ2n) is 4.52. The van der Waals surface area contributed by atoms with Crippen LogP contribution < -0.4 is 10.5 Å². The minimum absolute atomic E-state index is 0.0303. The van der Waals surface area contributed by atoms with Gasteiger partial charge in [0, 0.05) is 11.6 Å². The van der Waals surface area contributed by atoms with Crippen LogP contribution in [0.2, 0.25) is 5.02 Å². The maximum absolute atomic E-state index is 12.4. The van der Waals surface area contributed by atoms with Gasteiger partial charge in [0.25, 0.3) is 0 Å². The molecular formula is C12H15ClN2O2S3. The first-order chi connectivity index (χ1) is 9.40. The van der Waals surface area contributed by atoms with Crippen molar-refractivity contribution in [1.29, 1.82) is 0 Å². The maximum Gasteiger partial charge on any atom is 0.242 e. The summed E-state index contributed by atoms with van der Waals surface area (Å²) in [5.74, 6) is 1.93. The number of thiocarbonyl (C=S) groups is 1. The number of benzene rings is 1. The topological polar surface area (TPSA) is 72.2 Å². The summed E-state index contributed by atoms with van der Waals surface area (Å²) in [5, 5.41) is 0.169. The van der Waals surface area contributed by atoms with Crippen LogP contribution in [0.15, 0.2) is 23.1 Å². The Hall–Kier alpha value is -0.340. The van der Waals surface area contributed by atoms with Gasteiger partial charge in [-0.1, -0.05) is 29.9 Å². The number of sulfonamides is 1. The molecule has 0 saturated carbocycles. The monoisotopic (exact) mass is 350 g/mol. The summed E-state index contributed by atoms with van der Waals surface area (Å²) < 4.78 is 27.5. The number of thioether (sulfide) groups is 1. The molecule has 1 saturated heterocycles. The van der Waals surface area contributed by atoms with Crippen molar-refractivity contribution in [2.75, 3.05) is 11.5 Å². The predicted octanol–water partition coefficient (Wildman–Crippen LogP) is 2.15. The molecule has 0 amide bonds. The molecule has 0 bridgehead atoms. The van der Waals surface area contributed by atoms with Gasteiger partial charge >= 0.3 is 0 Å². The zero-order valence-electron chi connectivity index (χ0n) is 10.6. The summed E-state index contributed by atoms with van der Waals surface area (Å²) in [5.41, 5.74) is 6.02. The fraction of sp³-hybridized carbons (Fsp3) is 0.417. The SMILES string of the molecule is NC(=S)c1ccc(Cl)c(S(=O)(=O)NC2CCSCC2)c1. The summed E-state index contributed by atoms with van der Waals surface area (Å²) in [6.07, 6.45) is 1.66. The van der Waals surface area contributed by atoms with Gasteiger partial charge in [0.2, 0.25) is 10.0 Å². The van der Waals surface area contributed by atoms with E-state index in [0.717, 1.165) is 24.3 Å². The van der Waals surface area contributed by atoms with Crippen LogP contribution >= 0.6 is 35.6 Å². The normalized spacial score (nSPS) is 17.1. The zero-order valence-corrected chi connectivity index (χ0v) is 13.8. The van der Waals surface area contributed by atoms with Gasteiger partial charge in [-0.15, -0.1) is 0 Å². The minimum Gasteiger partial charge on any atom is -0.389 e. The van der Waals surface area contributed by atoms with Crippen molar-refractivity contribution in [3.05, 3.63) is 28.8 Å². The fourth-order valence-electron chi connectivity index (χ4n) is 1.96. The predicted molar refractivity (Wildman–Crippen MR) is 88.0 cm³/mol. The molecule has 0 radical (unpaired) electrons. The van der Waals surface area contributed by atoms with Gasteiger partial charge in [-0.05, 0) is 36.5 Å². The van der Waals surface area contributed by atoms with Crippen molar-refractivity contribution in [1.82, 2.24) is 4.72 Å². The van der Waals surface area contributed by atoms with Gasteiger partial charge in [-0.2, -0.15) is 11.8 Å². The van der Waals surface area contributed by atoms with Crippen LogP contribution in [-0.4, -0.2) is 31.0 Å². The van der Waals surface area contributed by atoms with Crippen molar-refractivity contribution in [3.63, 3.8) is 0 Å². The smallest absolute Gasteiger partial charge is 0.242 e. The second-order valence-corrected chi connectivity index (χ2v) is 8.27. The summed E-state index contributed by atoms with van der Waals surface area (Å²) in [7, 11) is -3.65. The number of nitrogens with two attached hydrogens (primary N) is 1. The molecule has 2 rings (SSSR count). The van der Waals surface area contributed by atoms with Crippen molar-refractivity contribution in [2.24, 2.45) is 5.73 Å². The van der Waals surface area contributed by atoms with Crippen LogP contribution in [0, 0.1) is 0 Å². The Morgan fingerprint density at radius 2 is 2.05 bits per heavy atom. The number of hydrogen-bond donors (Lipinski definition) is 2. The molecule has 0 atom stereocenters. The lowest BCUT2D eigenvalue weighted by Crippen LogP contribution is -2.37. The van der Waals surface area contributed by atoms with Crippen molar-refractivity contribution in [2.45, 2.75) is 23.8 Å². The summed E-state index contributed by atoms with van der Waals surface area (Å²) in [6, 6.07) is 4.50. The van der Waals surface area contributed by atoms with E-state index < -0.39 is 10.0 Å². The van der Waals surface area contributed by atoms with E-state index in [1.807, 2.05) is 11.8 Å². The lowest BCUT2D eigenvalue weighted by molar-refractivity contribution is 0.529. The van der Waals surface area contributed by atoms with Crippen molar-refractivity contribution in [3.8, 4) is 0 Å². The molecule has 20 heavy (non-hydrogen) atoms. The molecule has 1 heterocycles. The van der Waals surface area contributed by atoms with Gasteiger partial charge in [0.15, 0.2) is 0 Å². The minimum atomic E-state index is -3.65. The molecule has 8 heteroatoms. The number of rotatable bonds is 4. The maximum atomic E-state index is 12.4. The first kappa shape index (κ1) is 16.0. The Balaban J connectivity index is 2.28. The molecule has 0 spiro atoms. The molecule has 3 N–H and O–H groups in total. The van der Waals surface area contributed by atoms with Crippen molar-refractivity contribution >= 4 is 50.6 Å². The summed E-state index contributed by atoms with van der Waals surface area (Å²) in [4.78, 5) is 0.176. The lowest BCUT2D eigenvalue weighted by Gasteiger charge is -2.22. The van der Waals surface area contributed by atoms with Gasteiger partial charge in [0.1, 0.15) is 9.88 Å². The van der Waals surface area contributed by atoms with Crippen LogP contribution in [0.1, 0.15) is 18.4 Å². The Kier molecular flexibility index (Phi) is 5.30. The van der Waals surface area contributed by atoms with Gasteiger partial charge in [-0.3, -0.25) is 0 Å². The van der Waals surface area contributed by atoms with E-state index in [0.29, 0.717) is 5.56 Å². The van der Waals surface area contributed by atoms with E-state index in [-0.39, 0.29) is 20.9 Å². The Morgan fingerprint density at radius 1 is 1.40 bits per heavy atom. The van der Waals surface area contributed by atoms with Crippen LogP contribution in [-0.2, 0) is 10.0 Å². The molecule has 1 aliphatic rings. The number of hydrogen-bond acceptors (Lipinski definition) is 4. The van der Waals surface area contributed by atoms with Crippen LogP contribution in [0.25, 0.3) is 0 Å². The molecule has 0 aromatic heterocycles. The third-order valence-corrected chi connectivity index (χ3v) is 6.33. The van der Waals surface area contributed by atoms with Crippen molar-refractivity contribution < 1.29 is 8.42 Å². The standard InChI is InChI=1S/C12H15ClN2O2S3/c13-10-2-1-8(12(14)18)7-11(10)20(16,17)15-9-3-5-19-6-4-9/h1-2,7,9,15H,3-6H2,(H2,14,18). The second kappa shape index (κ2) is 6.62. The number of nitrogens with one attached hydrogen (secondary N) is 1. The van der Waals surface area contributed by atoms with E-state index >= 15 is 0 Å². The first-order valence-corrected chi connectivity index (χ1v) is 9.52. The molecular weight excluding hydrogens is 336 g/mol. The van der Waals surface area contributed by atoms with Gasteiger partial charge in [0.05, 0.1) is 5.02 Å². The molecule has 1 aromatic rings. The highest BCUT2D eigenvalue weighted by Gasteiger charge is 2.24. The molecule has 1 fully saturated rings. The summed E-state index contributed by atoms with van der Waals surface area (Å²) in [6.45, 7) is 0. The molecule has 0 unspecified atom stereocenters. The van der Waals surface area contributed by atoms with Crippen LogP contribution in [0.3, 0.4) is 0 Å². The van der Waals surface area contributed by atoms with Gasteiger partial charge < -0.3 is 5.73 Å². The highest BCUT2D eigenvalue weighted by atomic mass is 35.5. The molecule has 0 aliphatic carbocycles. The quantitative estimate of drug-likeness (QED) is 0.814. The highest BCUT2D eigenvalue weighted by molar-refractivity contribution is 7.99. The van der Waals surface area contributed by atoms with E-state index in [1.165, 1.54) is 12.1 Å². The third kappa shape index (κ3) is 3.85. The number of halogens is 1.